The van der Waals surface area contributed by atoms with E-state index in [0.29, 0.717) is 0 Å². The minimum atomic E-state index is -1.14. The Kier molecular flexibility index (Phi) is 8.40. The largest absolute Gasteiger partial charge is 0.481 e. The summed E-state index contributed by atoms with van der Waals surface area (Å²) >= 11 is 0. The van der Waals surface area contributed by atoms with Crippen molar-refractivity contribution in [1.82, 2.24) is 0 Å². The molecule has 0 aliphatic rings. The van der Waals surface area contributed by atoms with Gasteiger partial charge in [0.2, 0.25) is 0 Å². The van der Waals surface area contributed by atoms with E-state index < -0.39 is 29.9 Å². The van der Waals surface area contributed by atoms with Gasteiger partial charge in [-0.2, -0.15) is 0 Å². The van der Waals surface area contributed by atoms with Crippen molar-refractivity contribution in [2.24, 2.45) is 11.7 Å². The number of hydrogen-bond acceptors (Lipinski definition) is 5. The van der Waals surface area contributed by atoms with Gasteiger partial charge in [0.25, 0.3) is 5.97 Å². The number of carboxylic acids is 2. The molecule has 7 nitrogen and oxygen atoms in total. The summed E-state index contributed by atoms with van der Waals surface area (Å²) in [7, 11) is 0. The van der Waals surface area contributed by atoms with Gasteiger partial charge in [-0.15, -0.1) is 0 Å². The van der Waals surface area contributed by atoms with E-state index in [1.165, 1.54) is 6.92 Å². The van der Waals surface area contributed by atoms with Crippen LogP contribution in [0.3, 0.4) is 0 Å². The van der Waals surface area contributed by atoms with Crippen LogP contribution in [0.4, 0.5) is 0 Å². The van der Waals surface area contributed by atoms with E-state index in [1.54, 1.807) is 12.1 Å². The van der Waals surface area contributed by atoms with Gasteiger partial charge in [-0.1, -0.05) is 30.3 Å². The Bertz CT molecular complexity index is 470. The van der Waals surface area contributed by atoms with Crippen LogP contribution in [-0.4, -0.2) is 34.2 Å². The monoisotopic (exact) mass is 297 g/mol. The number of carbonyl (C=O) groups excluding carboxylic acids is 1. The molecule has 1 unspecified atom stereocenters. The maximum Gasteiger partial charge on any atom is 0.324 e. The normalized spacial score (nSPS) is 12.3. The molecule has 0 spiro atoms. The third-order valence-corrected chi connectivity index (χ3v) is 2.42. The first-order valence-electron chi connectivity index (χ1n) is 6.14. The first-order valence-corrected chi connectivity index (χ1v) is 6.14. The summed E-state index contributed by atoms with van der Waals surface area (Å²) in [6, 6.07) is 7.96. The molecule has 0 heterocycles. The Labute approximate surface area is 122 Å². The number of esters is 1. The molecule has 0 amide bonds. The second kappa shape index (κ2) is 9.49. The zero-order valence-electron chi connectivity index (χ0n) is 11.9. The van der Waals surface area contributed by atoms with Crippen molar-refractivity contribution in [3.8, 4) is 0 Å². The van der Waals surface area contributed by atoms with Gasteiger partial charge in [0.05, 0.1) is 5.92 Å². The third kappa shape index (κ3) is 8.38. The molecular weight excluding hydrogens is 278 g/mol. The fourth-order valence-corrected chi connectivity index (χ4v) is 1.18. The number of hydrogen-bond donors (Lipinski definition) is 3. The van der Waals surface area contributed by atoms with E-state index in [1.807, 2.05) is 18.2 Å². The van der Waals surface area contributed by atoms with E-state index in [9.17, 15) is 9.59 Å². The van der Waals surface area contributed by atoms with E-state index in [-0.39, 0.29) is 6.61 Å². The Balaban J connectivity index is 0.000000885. The molecule has 0 aliphatic heterocycles. The van der Waals surface area contributed by atoms with Crippen molar-refractivity contribution < 1.29 is 29.3 Å². The lowest BCUT2D eigenvalue weighted by atomic mass is 10.0. The summed E-state index contributed by atoms with van der Waals surface area (Å²) in [6.07, 6.45) is 0. The topological polar surface area (TPSA) is 127 Å². The van der Waals surface area contributed by atoms with Gasteiger partial charge >= 0.3 is 11.9 Å². The minimum absolute atomic E-state index is 0.0969. The molecular formula is C14H19NO6. The fraction of sp³-hybridized carbons (Fsp3) is 0.357. The molecule has 1 aromatic carbocycles. The van der Waals surface area contributed by atoms with E-state index in [0.717, 1.165) is 12.5 Å². The van der Waals surface area contributed by atoms with Gasteiger partial charge in [0, 0.05) is 6.92 Å². The first-order chi connectivity index (χ1) is 9.75. The Morgan fingerprint density at radius 3 is 2.10 bits per heavy atom. The molecule has 1 rings (SSSR count). The molecule has 0 saturated carbocycles. The summed E-state index contributed by atoms with van der Waals surface area (Å²) in [5.74, 6) is -3.61. The molecule has 0 radical (unpaired) electrons. The van der Waals surface area contributed by atoms with Crippen LogP contribution < -0.4 is 5.73 Å². The number of carbonyl (C=O) groups is 3. The lowest BCUT2D eigenvalue weighted by molar-refractivity contribution is -0.153. The van der Waals surface area contributed by atoms with Crippen molar-refractivity contribution >= 4 is 17.9 Å². The highest BCUT2D eigenvalue weighted by atomic mass is 16.5. The average Bonchev–Trinajstić information content (AvgIpc) is 2.43. The molecule has 0 bridgehead atoms. The molecule has 2 atom stereocenters. The van der Waals surface area contributed by atoms with Gasteiger partial charge < -0.3 is 20.7 Å². The van der Waals surface area contributed by atoms with Crippen molar-refractivity contribution in [3.63, 3.8) is 0 Å². The number of carboxylic acid groups (broad SMARTS) is 2. The molecule has 0 aromatic heterocycles. The van der Waals surface area contributed by atoms with Gasteiger partial charge in [-0.05, 0) is 12.5 Å². The smallest absolute Gasteiger partial charge is 0.324 e. The fourth-order valence-electron chi connectivity index (χ4n) is 1.18. The molecule has 21 heavy (non-hydrogen) atoms. The standard InChI is InChI=1S/C12H15NO4.C2H4O2/c1-8(11(14)15)10(13)12(16)17-7-9-5-3-2-4-6-9;1-2(3)4/h2-6,8,10H,7,13H2,1H3,(H,14,15);1H3,(H,3,4)/t8?,10-;/m1./s1. The molecule has 116 valence electrons. The zero-order chi connectivity index (χ0) is 16.4. The summed E-state index contributed by atoms with van der Waals surface area (Å²) in [5, 5.41) is 16.1. The van der Waals surface area contributed by atoms with Crippen molar-refractivity contribution in [1.29, 1.82) is 0 Å². The third-order valence-electron chi connectivity index (χ3n) is 2.42. The molecule has 7 heteroatoms. The van der Waals surface area contributed by atoms with Crippen LogP contribution >= 0.6 is 0 Å². The van der Waals surface area contributed by atoms with Crippen molar-refractivity contribution in [2.75, 3.05) is 0 Å². The number of benzene rings is 1. The van der Waals surface area contributed by atoms with Crippen LogP contribution in [-0.2, 0) is 25.7 Å². The maximum absolute atomic E-state index is 11.5. The number of aliphatic carboxylic acids is 2. The quantitative estimate of drug-likeness (QED) is 0.688. The highest BCUT2D eigenvalue weighted by molar-refractivity contribution is 5.83. The number of nitrogens with two attached hydrogens (primary N) is 1. The second-order valence-corrected chi connectivity index (χ2v) is 4.27. The highest BCUT2D eigenvalue weighted by Gasteiger charge is 2.27. The van der Waals surface area contributed by atoms with Crippen molar-refractivity contribution in [3.05, 3.63) is 35.9 Å². The number of ether oxygens (including phenoxy) is 1. The van der Waals surface area contributed by atoms with Crippen LogP contribution in [0, 0.1) is 5.92 Å². The van der Waals surface area contributed by atoms with Gasteiger partial charge in [0.1, 0.15) is 12.6 Å². The average molecular weight is 297 g/mol. The minimum Gasteiger partial charge on any atom is -0.481 e. The van der Waals surface area contributed by atoms with Crippen LogP contribution in [0.2, 0.25) is 0 Å². The van der Waals surface area contributed by atoms with Crippen molar-refractivity contribution in [2.45, 2.75) is 26.5 Å². The van der Waals surface area contributed by atoms with E-state index in [4.69, 9.17) is 25.5 Å². The van der Waals surface area contributed by atoms with Gasteiger partial charge in [-0.3, -0.25) is 14.4 Å². The van der Waals surface area contributed by atoms with E-state index >= 15 is 0 Å². The van der Waals surface area contributed by atoms with Gasteiger partial charge in [0.15, 0.2) is 0 Å². The van der Waals surface area contributed by atoms with Crippen LogP contribution in [0.5, 0.6) is 0 Å². The Hall–Kier alpha value is -2.41. The predicted molar refractivity (Wildman–Crippen MR) is 74.3 cm³/mol. The summed E-state index contributed by atoms with van der Waals surface area (Å²) in [4.78, 5) is 31.1. The molecule has 0 saturated heterocycles. The van der Waals surface area contributed by atoms with E-state index in [2.05, 4.69) is 0 Å². The van der Waals surface area contributed by atoms with Crippen LogP contribution in [0.15, 0.2) is 30.3 Å². The Morgan fingerprint density at radius 1 is 1.19 bits per heavy atom. The SMILES string of the molecule is CC(=O)O.CC(C(=O)O)[C@@H](N)C(=O)OCc1ccccc1. The second-order valence-electron chi connectivity index (χ2n) is 4.27. The lowest BCUT2D eigenvalue weighted by Gasteiger charge is -2.14. The summed E-state index contributed by atoms with van der Waals surface area (Å²) < 4.78 is 4.93. The molecule has 0 aliphatic carbocycles. The molecule has 4 N–H and O–H groups in total. The molecule has 0 fully saturated rings. The summed E-state index contributed by atoms with van der Waals surface area (Å²) in [6.45, 7) is 2.55. The zero-order valence-corrected chi connectivity index (χ0v) is 11.9. The maximum atomic E-state index is 11.5. The highest BCUT2D eigenvalue weighted by Crippen LogP contribution is 2.06. The first kappa shape index (κ1) is 18.6. The molecule has 1 aromatic rings. The summed E-state index contributed by atoms with van der Waals surface area (Å²) in [5.41, 5.74) is 6.30. The predicted octanol–water partition coefficient (Wildman–Crippen LogP) is 0.869. The lowest BCUT2D eigenvalue weighted by Crippen LogP contribution is -2.41. The van der Waals surface area contributed by atoms with Crippen LogP contribution in [0.25, 0.3) is 0 Å². The Morgan fingerprint density at radius 2 is 1.67 bits per heavy atom. The number of rotatable bonds is 5. The van der Waals surface area contributed by atoms with Gasteiger partial charge in [-0.25, -0.2) is 0 Å². The van der Waals surface area contributed by atoms with Crippen LogP contribution in [0.1, 0.15) is 19.4 Å².